The third-order valence-electron chi connectivity index (χ3n) is 3.71. The predicted molar refractivity (Wildman–Crippen MR) is 93.8 cm³/mol. The zero-order valence-corrected chi connectivity index (χ0v) is 14.9. The fraction of sp³-hybridized carbons (Fsp3) is 0.500. The molecule has 4 rings (SSSR count). The minimum Gasteiger partial charge on any atom is -0.378 e. The molecule has 126 valence electrons. The Labute approximate surface area is 147 Å². The summed E-state index contributed by atoms with van der Waals surface area (Å²) in [4.78, 5) is 15.6. The number of nitrogens with zero attached hydrogens (tertiary/aromatic N) is 7. The number of ether oxygens (including phenoxy) is 1. The van der Waals surface area contributed by atoms with Crippen LogP contribution in [-0.4, -0.2) is 61.8 Å². The maximum Gasteiger partial charge on any atom is 0.174 e. The molecule has 3 aromatic rings. The van der Waals surface area contributed by atoms with Crippen molar-refractivity contribution in [1.29, 1.82) is 0 Å². The van der Waals surface area contributed by atoms with Gasteiger partial charge < -0.3 is 14.2 Å². The highest BCUT2D eigenvalue weighted by Crippen LogP contribution is 2.25. The smallest absolute Gasteiger partial charge is 0.174 e. The lowest BCUT2D eigenvalue weighted by Crippen LogP contribution is -2.36. The van der Waals surface area contributed by atoms with Crippen LogP contribution in [0, 0.1) is 0 Å². The molecule has 0 amide bonds. The van der Waals surface area contributed by atoms with Crippen molar-refractivity contribution in [2.45, 2.75) is 17.8 Å². The van der Waals surface area contributed by atoms with Crippen molar-refractivity contribution >= 4 is 40.1 Å². The van der Waals surface area contributed by atoms with Crippen LogP contribution in [0.2, 0.25) is 0 Å². The largest absolute Gasteiger partial charge is 0.378 e. The maximum atomic E-state index is 5.41. The van der Waals surface area contributed by atoms with E-state index < -0.39 is 0 Å². The summed E-state index contributed by atoms with van der Waals surface area (Å²) in [5.41, 5.74) is 1.65. The fourth-order valence-electron chi connectivity index (χ4n) is 2.62. The SMILES string of the molecule is CCSc1nnc(Cn2cnc3c(N4CCOCC4)ncnc32)s1. The molecule has 0 N–H and O–H groups in total. The van der Waals surface area contributed by atoms with Crippen molar-refractivity contribution in [1.82, 2.24) is 29.7 Å². The number of hydrogen-bond acceptors (Lipinski definition) is 9. The second kappa shape index (κ2) is 6.99. The number of fused-ring (bicyclic) bond motifs is 1. The van der Waals surface area contributed by atoms with Crippen LogP contribution < -0.4 is 4.90 Å². The van der Waals surface area contributed by atoms with Gasteiger partial charge in [0.15, 0.2) is 21.3 Å². The van der Waals surface area contributed by atoms with Crippen LogP contribution >= 0.6 is 23.1 Å². The number of anilines is 1. The van der Waals surface area contributed by atoms with Gasteiger partial charge in [0.25, 0.3) is 0 Å². The highest BCUT2D eigenvalue weighted by Gasteiger charge is 2.18. The minimum absolute atomic E-state index is 0.623. The van der Waals surface area contributed by atoms with Gasteiger partial charge in [-0.15, -0.1) is 10.2 Å². The van der Waals surface area contributed by atoms with E-state index in [9.17, 15) is 0 Å². The molecule has 0 aliphatic carbocycles. The van der Waals surface area contributed by atoms with Gasteiger partial charge in [-0.05, 0) is 5.75 Å². The normalized spacial score (nSPS) is 15.3. The van der Waals surface area contributed by atoms with Gasteiger partial charge in [-0.3, -0.25) is 0 Å². The van der Waals surface area contributed by atoms with Gasteiger partial charge in [0.2, 0.25) is 0 Å². The molecule has 1 fully saturated rings. The number of rotatable bonds is 5. The molecule has 1 aliphatic rings. The second-order valence-corrected chi connectivity index (χ2v) is 7.81. The first-order chi connectivity index (χ1) is 11.8. The summed E-state index contributed by atoms with van der Waals surface area (Å²) in [6.07, 6.45) is 3.40. The van der Waals surface area contributed by atoms with E-state index in [1.807, 2.05) is 4.57 Å². The number of hydrogen-bond donors (Lipinski definition) is 0. The van der Waals surface area contributed by atoms with Crippen LogP contribution in [0.3, 0.4) is 0 Å². The van der Waals surface area contributed by atoms with Crippen LogP contribution in [0.5, 0.6) is 0 Å². The van der Waals surface area contributed by atoms with Crippen molar-refractivity contribution in [3.8, 4) is 0 Å². The van der Waals surface area contributed by atoms with E-state index in [4.69, 9.17) is 4.74 Å². The molecule has 3 aromatic heterocycles. The van der Waals surface area contributed by atoms with Crippen LogP contribution in [-0.2, 0) is 11.3 Å². The molecule has 0 radical (unpaired) electrons. The molecule has 24 heavy (non-hydrogen) atoms. The van der Waals surface area contributed by atoms with E-state index >= 15 is 0 Å². The molecule has 8 nitrogen and oxygen atoms in total. The topological polar surface area (TPSA) is 81.9 Å². The second-order valence-electron chi connectivity index (χ2n) is 5.24. The maximum absolute atomic E-state index is 5.41. The van der Waals surface area contributed by atoms with Gasteiger partial charge in [0.05, 0.1) is 26.1 Å². The summed E-state index contributed by atoms with van der Waals surface area (Å²) in [7, 11) is 0. The Morgan fingerprint density at radius 1 is 1.21 bits per heavy atom. The van der Waals surface area contributed by atoms with Crippen LogP contribution in [0.25, 0.3) is 11.2 Å². The zero-order valence-electron chi connectivity index (χ0n) is 13.3. The summed E-state index contributed by atoms with van der Waals surface area (Å²) >= 11 is 3.33. The molecule has 1 aliphatic heterocycles. The van der Waals surface area contributed by atoms with Gasteiger partial charge in [0, 0.05) is 13.1 Å². The van der Waals surface area contributed by atoms with E-state index in [0.717, 1.165) is 58.4 Å². The average Bonchev–Trinajstić information content (AvgIpc) is 3.24. The Hall–Kier alpha value is -1.78. The van der Waals surface area contributed by atoms with Gasteiger partial charge >= 0.3 is 0 Å². The molecule has 0 aromatic carbocycles. The van der Waals surface area contributed by atoms with Gasteiger partial charge in [-0.1, -0.05) is 30.0 Å². The Balaban J connectivity index is 1.62. The van der Waals surface area contributed by atoms with Crippen molar-refractivity contribution in [2.75, 3.05) is 37.0 Å². The van der Waals surface area contributed by atoms with E-state index in [1.54, 1.807) is 35.8 Å². The number of morpholine rings is 1. The van der Waals surface area contributed by atoms with Crippen LogP contribution in [0.15, 0.2) is 17.0 Å². The predicted octanol–water partition coefficient (Wildman–Crippen LogP) is 1.67. The molecular formula is C14H17N7OS2. The van der Waals surface area contributed by atoms with Crippen molar-refractivity contribution in [3.05, 3.63) is 17.7 Å². The average molecular weight is 363 g/mol. The van der Waals surface area contributed by atoms with E-state index in [1.165, 1.54) is 0 Å². The Morgan fingerprint density at radius 3 is 2.92 bits per heavy atom. The standard InChI is InChI=1S/C14H17N7OS2/c1-2-23-14-19-18-10(24-14)7-21-9-17-11-12(15-8-16-13(11)21)20-3-5-22-6-4-20/h8-9H,2-7H2,1H3. The van der Waals surface area contributed by atoms with Crippen molar-refractivity contribution in [3.63, 3.8) is 0 Å². The van der Waals surface area contributed by atoms with Crippen LogP contribution in [0.1, 0.15) is 11.9 Å². The molecule has 4 heterocycles. The van der Waals surface area contributed by atoms with Crippen LogP contribution in [0.4, 0.5) is 5.82 Å². The van der Waals surface area contributed by atoms with E-state index in [0.29, 0.717) is 6.54 Å². The summed E-state index contributed by atoms with van der Waals surface area (Å²) in [5.74, 6) is 1.88. The molecular weight excluding hydrogens is 346 g/mol. The quantitative estimate of drug-likeness (QED) is 0.633. The lowest BCUT2D eigenvalue weighted by molar-refractivity contribution is 0.122. The Morgan fingerprint density at radius 2 is 2.08 bits per heavy atom. The van der Waals surface area contributed by atoms with E-state index in [-0.39, 0.29) is 0 Å². The molecule has 10 heteroatoms. The molecule has 0 spiro atoms. The highest BCUT2D eigenvalue weighted by atomic mass is 32.2. The molecule has 1 saturated heterocycles. The zero-order chi connectivity index (χ0) is 16.4. The molecule has 0 saturated carbocycles. The fourth-order valence-corrected chi connectivity index (χ4v) is 4.41. The first-order valence-electron chi connectivity index (χ1n) is 7.79. The van der Waals surface area contributed by atoms with Gasteiger partial charge in [0.1, 0.15) is 11.3 Å². The number of imidazole rings is 1. The monoisotopic (exact) mass is 363 g/mol. The lowest BCUT2D eigenvalue weighted by Gasteiger charge is -2.27. The number of thioether (sulfide) groups is 1. The summed E-state index contributed by atoms with van der Waals surface area (Å²) in [6, 6.07) is 0. The molecule has 0 unspecified atom stereocenters. The van der Waals surface area contributed by atoms with E-state index in [2.05, 4.69) is 37.0 Å². The third-order valence-corrected chi connectivity index (χ3v) is 5.64. The van der Waals surface area contributed by atoms with Crippen molar-refractivity contribution < 1.29 is 4.74 Å². The van der Waals surface area contributed by atoms with Gasteiger partial charge in [-0.2, -0.15) is 0 Å². The minimum atomic E-state index is 0.623. The van der Waals surface area contributed by atoms with Gasteiger partial charge in [-0.25, -0.2) is 15.0 Å². The third kappa shape index (κ3) is 3.08. The van der Waals surface area contributed by atoms with Crippen molar-refractivity contribution in [2.24, 2.45) is 0 Å². The first-order valence-corrected chi connectivity index (χ1v) is 9.59. The Bertz CT molecular complexity index is 828. The lowest BCUT2D eigenvalue weighted by atomic mass is 10.4. The molecule has 0 atom stereocenters. The first kappa shape index (κ1) is 15.7. The molecule has 0 bridgehead atoms. The number of aromatic nitrogens is 6. The Kier molecular flexibility index (Phi) is 4.58. The summed E-state index contributed by atoms with van der Waals surface area (Å²) in [5, 5.41) is 9.41. The summed E-state index contributed by atoms with van der Waals surface area (Å²) < 4.78 is 8.42. The highest BCUT2D eigenvalue weighted by molar-refractivity contribution is 8.00. The summed E-state index contributed by atoms with van der Waals surface area (Å²) in [6.45, 7) is 5.82.